The molecule has 1 aliphatic heterocycles. The van der Waals surface area contributed by atoms with Crippen molar-refractivity contribution in [1.82, 2.24) is 20.0 Å². The summed E-state index contributed by atoms with van der Waals surface area (Å²) >= 11 is 0. The molecular formula is C14H28N4O3. The fraction of sp³-hybridized carbons (Fsp3) is 0.857. The molecule has 1 atom stereocenters. The van der Waals surface area contributed by atoms with Gasteiger partial charge in [-0.05, 0) is 34.0 Å². The number of aliphatic carboxylic acids is 1. The van der Waals surface area contributed by atoms with Gasteiger partial charge >= 0.3 is 12.0 Å². The van der Waals surface area contributed by atoms with Crippen LogP contribution in [0.5, 0.6) is 0 Å². The Morgan fingerprint density at radius 2 is 1.86 bits per heavy atom. The predicted octanol–water partition coefficient (Wildman–Crippen LogP) is 0.129. The molecule has 0 radical (unpaired) electrons. The van der Waals surface area contributed by atoms with Crippen molar-refractivity contribution < 1.29 is 14.7 Å². The summed E-state index contributed by atoms with van der Waals surface area (Å²) in [6.45, 7) is 6.33. The molecule has 0 saturated carbocycles. The lowest BCUT2D eigenvalue weighted by Gasteiger charge is -2.35. The molecule has 0 aromatic rings. The summed E-state index contributed by atoms with van der Waals surface area (Å²) in [7, 11) is 4.04. The highest BCUT2D eigenvalue weighted by Crippen LogP contribution is 2.04. The highest BCUT2D eigenvalue weighted by atomic mass is 16.4. The second-order valence-corrected chi connectivity index (χ2v) is 5.91. The van der Waals surface area contributed by atoms with Gasteiger partial charge in [-0.2, -0.15) is 0 Å². The quantitative estimate of drug-likeness (QED) is 0.699. The number of piperazine rings is 1. The zero-order valence-corrected chi connectivity index (χ0v) is 13.3. The van der Waals surface area contributed by atoms with E-state index in [0.29, 0.717) is 19.6 Å². The number of carboxylic acids is 1. The highest BCUT2D eigenvalue weighted by Gasteiger charge is 2.22. The van der Waals surface area contributed by atoms with Gasteiger partial charge in [0.25, 0.3) is 0 Å². The number of nitrogens with zero attached hydrogens (tertiary/aromatic N) is 3. The fourth-order valence-corrected chi connectivity index (χ4v) is 2.25. The maximum atomic E-state index is 12.1. The Bertz CT molecular complexity index is 341. The van der Waals surface area contributed by atoms with Crippen LogP contribution in [0.2, 0.25) is 0 Å². The average molecular weight is 300 g/mol. The second-order valence-electron chi connectivity index (χ2n) is 5.91. The molecule has 7 nitrogen and oxygen atoms in total. The molecule has 1 rings (SSSR count). The van der Waals surface area contributed by atoms with E-state index in [2.05, 4.69) is 15.1 Å². The zero-order valence-electron chi connectivity index (χ0n) is 13.3. The molecule has 1 saturated heterocycles. The zero-order chi connectivity index (χ0) is 15.8. The van der Waals surface area contributed by atoms with Crippen molar-refractivity contribution >= 4 is 12.0 Å². The van der Waals surface area contributed by atoms with Crippen molar-refractivity contribution in [3.63, 3.8) is 0 Å². The predicted molar refractivity (Wildman–Crippen MR) is 81.4 cm³/mol. The molecule has 0 aromatic carbocycles. The third kappa shape index (κ3) is 7.29. The number of rotatable bonds is 7. The Balaban J connectivity index is 2.23. The molecule has 1 heterocycles. The van der Waals surface area contributed by atoms with Gasteiger partial charge < -0.3 is 20.2 Å². The highest BCUT2D eigenvalue weighted by molar-refractivity contribution is 5.74. The third-order valence-corrected chi connectivity index (χ3v) is 3.68. The van der Waals surface area contributed by atoms with Gasteiger partial charge in [0.2, 0.25) is 0 Å². The van der Waals surface area contributed by atoms with E-state index >= 15 is 0 Å². The number of hydrogen-bond acceptors (Lipinski definition) is 4. The molecule has 0 bridgehead atoms. The number of hydrogen-bond donors (Lipinski definition) is 2. The van der Waals surface area contributed by atoms with Crippen molar-refractivity contribution in [2.24, 2.45) is 0 Å². The van der Waals surface area contributed by atoms with Gasteiger partial charge in [-0.3, -0.25) is 9.69 Å². The molecular weight excluding hydrogens is 272 g/mol. The minimum absolute atomic E-state index is 0.0147. The molecule has 1 fully saturated rings. The Morgan fingerprint density at radius 3 is 2.38 bits per heavy atom. The minimum atomic E-state index is -0.773. The monoisotopic (exact) mass is 300 g/mol. The smallest absolute Gasteiger partial charge is 0.317 e. The Kier molecular flexibility index (Phi) is 7.45. The van der Waals surface area contributed by atoms with E-state index in [9.17, 15) is 9.59 Å². The molecule has 0 spiro atoms. The fourth-order valence-electron chi connectivity index (χ4n) is 2.25. The lowest BCUT2D eigenvalue weighted by molar-refractivity contribution is -0.137. The Labute approximate surface area is 126 Å². The van der Waals surface area contributed by atoms with E-state index in [0.717, 1.165) is 26.1 Å². The largest absolute Gasteiger partial charge is 0.481 e. The number of carbonyl (C=O) groups excluding carboxylic acids is 1. The molecule has 122 valence electrons. The molecule has 1 aliphatic rings. The van der Waals surface area contributed by atoms with Crippen LogP contribution in [0.15, 0.2) is 0 Å². The van der Waals surface area contributed by atoms with E-state index in [-0.39, 0.29) is 18.5 Å². The molecule has 1 unspecified atom stereocenters. The average Bonchev–Trinajstić information content (AvgIpc) is 2.43. The van der Waals surface area contributed by atoms with Gasteiger partial charge in [-0.25, -0.2) is 4.79 Å². The Morgan fingerprint density at radius 1 is 1.24 bits per heavy atom. The van der Waals surface area contributed by atoms with Crippen LogP contribution < -0.4 is 5.32 Å². The first-order valence-electron chi connectivity index (χ1n) is 7.53. The molecule has 21 heavy (non-hydrogen) atoms. The molecule has 2 N–H and O–H groups in total. The maximum Gasteiger partial charge on any atom is 0.317 e. The van der Waals surface area contributed by atoms with E-state index in [1.165, 1.54) is 0 Å². The molecule has 7 heteroatoms. The number of urea groups is 1. The maximum absolute atomic E-state index is 12.1. The number of carbonyl (C=O) groups is 2. The third-order valence-electron chi connectivity index (χ3n) is 3.68. The normalized spacial score (nSPS) is 17.8. The summed E-state index contributed by atoms with van der Waals surface area (Å²) < 4.78 is 0. The van der Waals surface area contributed by atoms with Crippen LogP contribution >= 0.6 is 0 Å². The summed E-state index contributed by atoms with van der Waals surface area (Å²) in [5.41, 5.74) is 0. The summed E-state index contributed by atoms with van der Waals surface area (Å²) in [4.78, 5) is 28.7. The summed E-state index contributed by atoms with van der Waals surface area (Å²) in [5, 5.41) is 11.7. The van der Waals surface area contributed by atoms with Crippen LogP contribution in [0.4, 0.5) is 4.79 Å². The van der Waals surface area contributed by atoms with Crippen molar-refractivity contribution in [3.05, 3.63) is 0 Å². The van der Waals surface area contributed by atoms with Crippen LogP contribution in [0, 0.1) is 0 Å². The second kappa shape index (κ2) is 8.84. The van der Waals surface area contributed by atoms with Crippen LogP contribution in [-0.4, -0.2) is 91.2 Å². The van der Waals surface area contributed by atoms with Crippen LogP contribution in [0.25, 0.3) is 0 Å². The van der Waals surface area contributed by atoms with Gasteiger partial charge in [0.05, 0.1) is 6.42 Å². The van der Waals surface area contributed by atoms with Gasteiger partial charge in [-0.15, -0.1) is 0 Å². The first-order chi connectivity index (χ1) is 9.88. The van der Waals surface area contributed by atoms with Crippen LogP contribution in [0.3, 0.4) is 0 Å². The topological polar surface area (TPSA) is 76.1 Å². The molecule has 0 aromatic heterocycles. The van der Waals surface area contributed by atoms with Gasteiger partial charge in [0.1, 0.15) is 0 Å². The van der Waals surface area contributed by atoms with Crippen LogP contribution in [0.1, 0.15) is 19.8 Å². The minimum Gasteiger partial charge on any atom is -0.481 e. The van der Waals surface area contributed by atoms with E-state index in [4.69, 9.17) is 5.11 Å². The summed E-state index contributed by atoms with van der Waals surface area (Å²) in [6.07, 6.45) is 1.09. The van der Waals surface area contributed by atoms with E-state index in [1.54, 1.807) is 0 Å². The van der Waals surface area contributed by atoms with Gasteiger partial charge in [0, 0.05) is 38.8 Å². The first-order valence-corrected chi connectivity index (χ1v) is 7.53. The Hall–Kier alpha value is -1.34. The van der Waals surface area contributed by atoms with Crippen molar-refractivity contribution in [1.29, 1.82) is 0 Å². The number of carboxylic acid groups (broad SMARTS) is 1. The lowest BCUT2D eigenvalue weighted by Crippen LogP contribution is -2.53. The summed E-state index contributed by atoms with van der Waals surface area (Å²) in [5.74, 6) is -0.773. The molecule has 2 amide bonds. The van der Waals surface area contributed by atoms with Crippen molar-refractivity contribution in [2.75, 3.05) is 53.4 Å². The number of amides is 2. The van der Waals surface area contributed by atoms with Gasteiger partial charge in [-0.1, -0.05) is 0 Å². The lowest BCUT2D eigenvalue weighted by atomic mass is 10.2. The molecule has 0 aliphatic carbocycles. The number of nitrogens with one attached hydrogen (secondary N) is 1. The first kappa shape index (κ1) is 17.7. The van der Waals surface area contributed by atoms with Crippen molar-refractivity contribution in [2.45, 2.75) is 25.8 Å². The SMILES string of the molecule is CC(CCN(C)C)NC(=O)N1CCN(CCC(=O)O)CC1. The van der Waals surface area contributed by atoms with Crippen molar-refractivity contribution in [3.8, 4) is 0 Å². The van der Waals surface area contributed by atoms with E-state index < -0.39 is 5.97 Å². The van der Waals surface area contributed by atoms with Crippen LogP contribution in [-0.2, 0) is 4.79 Å². The van der Waals surface area contributed by atoms with E-state index in [1.807, 2.05) is 25.9 Å². The standard InChI is InChI=1S/C14H28N4O3/c1-12(4-6-16(2)3)15-14(21)18-10-8-17(9-11-18)7-5-13(19)20/h12H,4-11H2,1-3H3,(H,15,21)(H,19,20). The van der Waals surface area contributed by atoms with Gasteiger partial charge in [0.15, 0.2) is 0 Å². The summed E-state index contributed by atoms with van der Waals surface area (Å²) in [6, 6.07) is 0.143.